The van der Waals surface area contributed by atoms with E-state index in [9.17, 15) is 19.8 Å². The van der Waals surface area contributed by atoms with Gasteiger partial charge in [-0.1, -0.05) is 339 Å². The second-order valence-corrected chi connectivity index (χ2v) is 24.9. The van der Waals surface area contributed by atoms with Crippen LogP contribution in [0.3, 0.4) is 0 Å². The molecule has 0 aromatic rings. The fourth-order valence-electron chi connectivity index (χ4n) is 11.3. The van der Waals surface area contributed by atoms with Gasteiger partial charge in [0.1, 0.15) is 0 Å². The molecule has 6 nitrogen and oxygen atoms in total. The molecule has 0 spiro atoms. The van der Waals surface area contributed by atoms with Crippen molar-refractivity contribution >= 4 is 11.9 Å². The third-order valence-electron chi connectivity index (χ3n) is 16.9. The van der Waals surface area contributed by atoms with Crippen molar-refractivity contribution in [1.29, 1.82) is 0 Å². The molecule has 0 bridgehead atoms. The fraction of sp³-hybridized carbons (Fsp3) is 0.867. The van der Waals surface area contributed by atoms with Gasteiger partial charge in [0.25, 0.3) is 0 Å². The molecule has 0 radical (unpaired) electrons. The summed E-state index contributed by atoms with van der Waals surface area (Å²) in [6.45, 7) is 4.95. The third kappa shape index (κ3) is 66.8. The van der Waals surface area contributed by atoms with Crippen molar-refractivity contribution in [2.45, 2.75) is 405 Å². The predicted octanol–water partition coefficient (Wildman–Crippen LogP) is 23.6. The van der Waals surface area contributed by atoms with Crippen LogP contribution in [-0.4, -0.2) is 47.4 Å². The molecule has 0 aliphatic carbocycles. The Morgan fingerprint density at radius 1 is 0.346 bits per heavy atom. The van der Waals surface area contributed by atoms with Crippen LogP contribution in [-0.2, 0) is 14.3 Å². The van der Waals surface area contributed by atoms with Gasteiger partial charge in [-0.05, 0) is 89.9 Å². The molecule has 0 saturated carbocycles. The number of allylic oxidation sites excluding steroid dienone is 8. The van der Waals surface area contributed by atoms with Crippen molar-refractivity contribution < 1.29 is 24.5 Å². The van der Waals surface area contributed by atoms with Gasteiger partial charge in [-0.25, -0.2) is 0 Å². The summed E-state index contributed by atoms with van der Waals surface area (Å²) in [5, 5.41) is 23.4. The minimum absolute atomic E-state index is 0.00407. The highest BCUT2D eigenvalue weighted by Crippen LogP contribution is 2.19. The molecule has 0 rings (SSSR count). The lowest BCUT2D eigenvalue weighted by Crippen LogP contribution is -2.45. The maximum Gasteiger partial charge on any atom is 0.305 e. The molecule has 0 saturated heterocycles. The summed E-state index contributed by atoms with van der Waals surface area (Å²) in [5.41, 5.74) is 0. The molecule has 3 N–H and O–H groups in total. The second-order valence-electron chi connectivity index (χ2n) is 24.9. The second kappa shape index (κ2) is 70.3. The van der Waals surface area contributed by atoms with Gasteiger partial charge >= 0.3 is 5.97 Å². The highest BCUT2D eigenvalue weighted by atomic mass is 16.5. The molecule has 0 aliphatic heterocycles. The van der Waals surface area contributed by atoms with Gasteiger partial charge < -0.3 is 20.3 Å². The van der Waals surface area contributed by atoms with Crippen LogP contribution in [0.1, 0.15) is 393 Å². The summed E-state index contributed by atoms with van der Waals surface area (Å²) in [6.07, 6.45) is 91.6. The molecular formula is C75H141NO5. The summed E-state index contributed by atoms with van der Waals surface area (Å²) < 4.78 is 5.48. The summed E-state index contributed by atoms with van der Waals surface area (Å²) in [6, 6.07) is -0.549. The van der Waals surface area contributed by atoms with Gasteiger partial charge in [-0.15, -0.1) is 0 Å². The standard InChI is InChI=1S/C75H141NO5/c1-3-5-7-9-11-13-15-17-19-21-22-23-27-30-33-36-39-43-47-51-55-59-63-67-73(78)72(71-77)76-74(79)68-64-60-56-52-48-44-40-37-34-31-28-25-24-26-29-32-35-38-42-46-50-54-58-62-66-70-81-75(80)69-65-61-57-53-49-45-41-20-18-16-14-12-10-8-6-4-2/h14,16,20,25-26,28-29,41,72-73,77-78H,3-13,15,17-19,21-24,27,30-40,42-71H2,1-2H3,(H,76,79)/b16-14-,28-25-,29-26-,41-20-. The van der Waals surface area contributed by atoms with E-state index in [1.807, 2.05) is 0 Å². The van der Waals surface area contributed by atoms with Crippen LogP contribution < -0.4 is 5.32 Å². The molecular weight excluding hydrogens is 995 g/mol. The Kier molecular flexibility index (Phi) is 68.4. The lowest BCUT2D eigenvalue weighted by Gasteiger charge is -2.22. The van der Waals surface area contributed by atoms with Crippen molar-refractivity contribution in [2.24, 2.45) is 0 Å². The molecule has 2 atom stereocenters. The first-order valence-electron chi connectivity index (χ1n) is 36.4. The number of rotatable bonds is 68. The predicted molar refractivity (Wildman–Crippen MR) is 356 cm³/mol. The number of hydrogen-bond donors (Lipinski definition) is 3. The molecule has 0 aromatic heterocycles. The number of amides is 1. The minimum Gasteiger partial charge on any atom is -0.466 e. The summed E-state index contributed by atoms with van der Waals surface area (Å²) in [7, 11) is 0. The molecule has 81 heavy (non-hydrogen) atoms. The van der Waals surface area contributed by atoms with Crippen molar-refractivity contribution in [3.8, 4) is 0 Å². The summed E-state index contributed by atoms with van der Waals surface area (Å²) in [4.78, 5) is 24.6. The Labute approximate surface area is 506 Å². The molecule has 0 heterocycles. The Bertz CT molecular complexity index is 1360. The molecule has 2 unspecified atom stereocenters. The number of unbranched alkanes of at least 4 members (excludes halogenated alkanes) is 49. The zero-order valence-corrected chi connectivity index (χ0v) is 54.5. The fourth-order valence-corrected chi connectivity index (χ4v) is 11.3. The van der Waals surface area contributed by atoms with E-state index in [4.69, 9.17) is 4.74 Å². The molecule has 6 heteroatoms. The van der Waals surface area contributed by atoms with E-state index in [0.717, 1.165) is 57.8 Å². The zero-order valence-electron chi connectivity index (χ0n) is 54.5. The van der Waals surface area contributed by atoms with Crippen LogP contribution in [0.4, 0.5) is 0 Å². The van der Waals surface area contributed by atoms with E-state index in [1.54, 1.807) is 0 Å². The van der Waals surface area contributed by atoms with Crippen molar-refractivity contribution in [3.05, 3.63) is 48.6 Å². The maximum absolute atomic E-state index is 12.6. The molecule has 1 amide bonds. The third-order valence-corrected chi connectivity index (χ3v) is 16.9. The van der Waals surface area contributed by atoms with E-state index in [1.165, 1.54) is 302 Å². The maximum atomic E-state index is 12.6. The van der Waals surface area contributed by atoms with Crippen molar-refractivity contribution in [2.75, 3.05) is 13.2 Å². The Morgan fingerprint density at radius 2 is 0.617 bits per heavy atom. The monoisotopic (exact) mass is 1140 g/mol. The normalized spacial score (nSPS) is 12.8. The average Bonchev–Trinajstić information content (AvgIpc) is 3.47. The van der Waals surface area contributed by atoms with Gasteiger partial charge in [0.15, 0.2) is 0 Å². The topological polar surface area (TPSA) is 95.9 Å². The number of carbonyl (C=O) groups is 2. The van der Waals surface area contributed by atoms with E-state index >= 15 is 0 Å². The van der Waals surface area contributed by atoms with Crippen LogP contribution in [0.2, 0.25) is 0 Å². The zero-order chi connectivity index (χ0) is 58.5. The van der Waals surface area contributed by atoms with Crippen LogP contribution >= 0.6 is 0 Å². The van der Waals surface area contributed by atoms with Gasteiger partial charge in [-0.3, -0.25) is 9.59 Å². The summed E-state index contributed by atoms with van der Waals surface area (Å²) in [5.74, 6) is -0.0415. The van der Waals surface area contributed by atoms with E-state index < -0.39 is 12.1 Å². The Hall–Kier alpha value is -2.18. The number of ether oxygens (including phenoxy) is 1. The lowest BCUT2D eigenvalue weighted by atomic mass is 10.0. The van der Waals surface area contributed by atoms with Gasteiger partial charge in [0.05, 0.1) is 25.4 Å². The number of esters is 1. The van der Waals surface area contributed by atoms with Gasteiger partial charge in [0.2, 0.25) is 5.91 Å². The van der Waals surface area contributed by atoms with Crippen molar-refractivity contribution in [1.82, 2.24) is 5.32 Å². The molecule has 476 valence electrons. The van der Waals surface area contributed by atoms with Crippen LogP contribution in [0.15, 0.2) is 48.6 Å². The van der Waals surface area contributed by atoms with Crippen LogP contribution in [0.5, 0.6) is 0 Å². The number of aliphatic hydroxyl groups is 2. The smallest absolute Gasteiger partial charge is 0.305 e. The first-order chi connectivity index (χ1) is 40.0. The largest absolute Gasteiger partial charge is 0.466 e. The molecule has 0 fully saturated rings. The Morgan fingerprint density at radius 3 is 0.951 bits per heavy atom. The molecule has 0 aromatic carbocycles. The van der Waals surface area contributed by atoms with E-state index in [2.05, 4.69) is 67.8 Å². The van der Waals surface area contributed by atoms with Gasteiger partial charge in [-0.2, -0.15) is 0 Å². The highest BCUT2D eigenvalue weighted by Gasteiger charge is 2.20. The first-order valence-corrected chi connectivity index (χ1v) is 36.4. The van der Waals surface area contributed by atoms with Gasteiger partial charge in [0, 0.05) is 12.8 Å². The van der Waals surface area contributed by atoms with Crippen LogP contribution in [0, 0.1) is 0 Å². The number of nitrogens with one attached hydrogen (secondary N) is 1. The first kappa shape index (κ1) is 78.8. The number of carbonyl (C=O) groups excluding carboxylic acids is 2. The lowest BCUT2D eigenvalue weighted by molar-refractivity contribution is -0.143. The van der Waals surface area contributed by atoms with Crippen LogP contribution in [0.25, 0.3) is 0 Å². The minimum atomic E-state index is -0.671. The highest BCUT2D eigenvalue weighted by molar-refractivity contribution is 5.76. The summed E-state index contributed by atoms with van der Waals surface area (Å²) >= 11 is 0. The average molecular weight is 1140 g/mol. The quantitative estimate of drug-likeness (QED) is 0.0320. The SMILES string of the molecule is CCCCCC/C=C\C/C=C\CCCCCCCC(=O)OCCCCCCCCCCC/C=C\C/C=C\CCCCCCCCCCCC(=O)NC(CO)C(O)CCCCCCCCCCCCCCCCCCCCCCCCC. The number of aliphatic hydroxyl groups excluding tert-OH is 2. The van der Waals surface area contributed by atoms with E-state index in [-0.39, 0.29) is 18.5 Å². The molecule has 0 aliphatic rings. The van der Waals surface area contributed by atoms with Crippen molar-refractivity contribution in [3.63, 3.8) is 0 Å². The van der Waals surface area contributed by atoms with E-state index in [0.29, 0.717) is 25.9 Å². The Balaban J connectivity index is 3.44. The number of hydrogen-bond acceptors (Lipinski definition) is 5.